The van der Waals surface area contributed by atoms with Gasteiger partial charge < -0.3 is 5.32 Å². The lowest BCUT2D eigenvalue weighted by atomic mass is 10.3. The van der Waals surface area contributed by atoms with Crippen molar-refractivity contribution in [3.05, 3.63) is 34.4 Å². The number of benzene rings is 1. The van der Waals surface area contributed by atoms with Crippen LogP contribution in [0.15, 0.2) is 29.2 Å². The normalized spacial score (nSPS) is 11.8. The molecule has 1 N–H and O–H groups in total. The summed E-state index contributed by atoms with van der Waals surface area (Å²) in [5, 5.41) is 22.5. The van der Waals surface area contributed by atoms with Gasteiger partial charge in [-0.3, -0.25) is 10.1 Å². The van der Waals surface area contributed by atoms with E-state index in [1.807, 2.05) is 6.92 Å². The lowest BCUT2D eigenvalue weighted by Crippen LogP contribution is -2.30. The van der Waals surface area contributed by atoms with Gasteiger partial charge in [0.2, 0.25) is 0 Å². The molecule has 0 saturated heterocycles. The first kappa shape index (κ1) is 14.5. The first-order chi connectivity index (χ1) is 8.67. The third-order valence-electron chi connectivity index (χ3n) is 2.26. The van der Waals surface area contributed by atoms with Gasteiger partial charge in [-0.15, -0.1) is 11.8 Å². The van der Waals surface area contributed by atoms with Gasteiger partial charge in [0.15, 0.2) is 0 Å². The summed E-state index contributed by atoms with van der Waals surface area (Å²) in [6, 6.07) is 8.37. The third kappa shape index (κ3) is 4.73. The van der Waals surface area contributed by atoms with Gasteiger partial charge in [0, 0.05) is 22.8 Å². The molecule has 0 spiro atoms. The molecule has 0 heterocycles. The zero-order chi connectivity index (χ0) is 13.4. The van der Waals surface area contributed by atoms with Crippen molar-refractivity contribution in [2.45, 2.75) is 24.3 Å². The van der Waals surface area contributed by atoms with E-state index < -0.39 is 4.92 Å². The molecule has 1 rings (SSSR count). The summed E-state index contributed by atoms with van der Waals surface area (Å²) in [5.41, 5.74) is 0.0836. The van der Waals surface area contributed by atoms with Crippen molar-refractivity contribution in [2.24, 2.45) is 0 Å². The Balaban J connectivity index is 2.47. The van der Waals surface area contributed by atoms with Crippen LogP contribution < -0.4 is 5.32 Å². The van der Waals surface area contributed by atoms with Crippen molar-refractivity contribution < 1.29 is 4.92 Å². The molecular weight excluding hydrogens is 250 g/mol. The highest BCUT2D eigenvalue weighted by molar-refractivity contribution is 7.99. The maximum Gasteiger partial charge on any atom is 0.269 e. The molecule has 0 aromatic heterocycles. The monoisotopic (exact) mass is 265 g/mol. The van der Waals surface area contributed by atoms with Gasteiger partial charge in [-0.05, 0) is 25.1 Å². The Kier molecular flexibility index (Phi) is 6.19. The molecule has 1 atom stereocenters. The molecule has 1 unspecified atom stereocenters. The van der Waals surface area contributed by atoms with E-state index in [2.05, 4.69) is 11.4 Å². The number of nitro groups is 1. The predicted octanol–water partition coefficient (Wildman–Crippen LogP) is 2.58. The van der Waals surface area contributed by atoms with Crippen molar-refractivity contribution in [1.29, 1.82) is 5.26 Å². The molecule has 0 bridgehead atoms. The van der Waals surface area contributed by atoms with Crippen molar-refractivity contribution in [3.63, 3.8) is 0 Å². The fourth-order valence-corrected chi connectivity index (χ4v) is 2.18. The molecule has 0 aliphatic carbocycles. The van der Waals surface area contributed by atoms with Crippen molar-refractivity contribution >= 4 is 17.4 Å². The number of thioether (sulfide) groups is 1. The predicted molar refractivity (Wildman–Crippen MR) is 71.5 cm³/mol. The summed E-state index contributed by atoms with van der Waals surface area (Å²) in [6.07, 6.45) is 0.986. The average Bonchev–Trinajstić information content (AvgIpc) is 2.39. The van der Waals surface area contributed by atoms with E-state index in [9.17, 15) is 10.1 Å². The molecule has 18 heavy (non-hydrogen) atoms. The van der Waals surface area contributed by atoms with E-state index >= 15 is 0 Å². The van der Waals surface area contributed by atoms with Gasteiger partial charge in [0.05, 0.1) is 11.0 Å². The lowest BCUT2D eigenvalue weighted by Gasteiger charge is -2.09. The maximum atomic E-state index is 10.5. The number of nitrogens with one attached hydrogen (secondary N) is 1. The molecule has 0 aliphatic rings. The molecule has 0 aliphatic heterocycles. The summed E-state index contributed by atoms with van der Waals surface area (Å²) in [7, 11) is 0. The van der Waals surface area contributed by atoms with Gasteiger partial charge in [0.1, 0.15) is 6.04 Å². The Morgan fingerprint density at radius 1 is 1.50 bits per heavy atom. The van der Waals surface area contributed by atoms with Crippen LogP contribution >= 0.6 is 11.8 Å². The second-order valence-corrected chi connectivity index (χ2v) is 4.79. The first-order valence-electron chi connectivity index (χ1n) is 5.67. The van der Waals surface area contributed by atoms with Crippen molar-refractivity contribution in [2.75, 3.05) is 12.3 Å². The number of hydrogen-bond donors (Lipinski definition) is 1. The molecule has 0 fully saturated rings. The minimum atomic E-state index is -0.421. The molecule has 96 valence electrons. The SMILES string of the molecule is CCCNC(C#N)CSc1ccc([N+](=O)[O-])cc1. The molecule has 6 heteroatoms. The Morgan fingerprint density at radius 2 is 2.17 bits per heavy atom. The van der Waals surface area contributed by atoms with Gasteiger partial charge in [-0.2, -0.15) is 5.26 Å². The highest BCUT2D eigenvalue weighted by Gasteiger charge is 2.08. The number of nitriles is 1. The molecule has 0 radical (unpaired) electrons. The Morgan fingerprint density at radius 3 is 2.67 bits per heavy atom. The largest absolute Gasteiger partial charge is 0.301 e. The fourth-order valence-electron chi connectivity index (χ4n) is 1.30. The summed E-state index contributed by atoms with van der Waals surface area (Å²) in [4.78, 5) is 11.0. The molecule has 0 saturated carbocycles. The van der Waals surface area contributed by atoms with Crippen molar-refractivity contribution in [1.82, 2.24) is 5.32 Å². The highest BCUT2D eigenvalue weighted by atomic mass is 32.2. The number of hydrogen-bond acceptors (Lipinski definition) is 5. The second-order valence-electron chi connectivity index (χ2n) is 3.70. The summed E-state index contributed by atoms with van der Waals surface area (Å²) >= 11 is 1.52. The van der Waals surface area contributed by atoms with Gasteiger partial charge in [-0.1, -0.05) is 6.92 Å². The zero-order valence-corrected chi connectivity index (χ0v) is 10.9. The average molecular weight is 265 g/mol. The lowest BCUT2D eigenvalue weighted by molar-refractivity contribution is -0.384. The highest BCUT2D eigenvalue weighted by Crippen LogP contribution is 2.21. The zero-order valence-electron chi connectivity index (χ0n) is 10.1. The minimum Gasteiger partial charge on any atom is -0.301 e. The molecule has 1 aromatic rings. The minimum absolute atomic E-state index is 0.0836. The van der Waals surface area contributed by atoms with E-state index in [0.717, 1.165) is 17.9 Å². The number of rotatable bonds is 7. The molecular formula is C12H15N3O2S. The van der Waals surface area contributed by atoms with Crippen LogP contribution in [0, 0.1) is 21.4 Å². The van der Waals surface area contributed by atoms with Crippen LogP contribution in [0.2, 0.25) is 0 Å². The van der Waals surface area contributed by atoms with E-state index in [4.69, 9.17) is 5.26 Å². The second kappa shape index (κ2) is 7.69. The summed E-state index contributed by atoms with van der Waals surface area (Å²) in [5.74, 6) is 0.633. The van der Waals surface area contributed by atoms with Crippen LogP contribution in [0.4, 0.5) is 5.69 Å². The van der Waals surface area contributed by atoms with Crippen molar-refractivity contribution in [3.8, 4) is 6.07 Å². The van der Waals surface area contributed by atoms with Gasteiger partial charge in [0.25, 0.3) is 5.69 Å². The van der Waals surface area contributed by atoms with E-state index in [0.29, 0.717) is 5.75 Å². The molecule has 0 amide bonds. The smallest absolute Gasteiger partial charge is 0.269 e. The number of non-ortho nitro benzene ring substituents is 1. The first-order valence-corrected chi connectivity index (χ1v) is 6.66. The van der Waals surface area contributed by atoms with E-state index in [-0.39, 0.29) is 11.7 Å². The van der Waals surface area contributed by atoms with Crippen LogP contribution in [-0.4, -0.2) is 23.3 Å². The van der Waals surface area contributed by atoms with Crippen LogP contribution in [0.1, 0.15) is 13.3 Å². The number of nitro benzene ring substituents is 1. The van der Waals surface area contributed by atoms with Crippen LogP contribution in [0.25, 0.3) is 0 Å². The molecule has 1 aromatic carbocycles. The fraction of sp³-hybridized carbons (Fsp3) is 0.417. The Hall–Kier alpha value is -1.58. The van der Waals surface area contributed by atoms with E-state index in [1.54, 1.807) is 12.1 Å². The van der Waals surface area contributed by atoms with Gasteiger partial charge in [-0.25, -0.2) is 0 Å². The van der Waals surface area contributed by atoms with Crippen LogP contribution in [0.5, 0.6) is 0 Å². The number of nitrogens with zero attached hydrogens (tertiary/aromatic N) is 2. The van der Waals surface area contributed by atoms with Crippen LogP contribution in [0.3, 0.4) is 0 Å². The quantitative estimate of drug-likeness (QED) is 0.465. The topological polar surface area (TPSA) is 79.0 Å². The van der Waals surface area contributed by atoms with Crippen LogP contribution in [-0.2, 0) is 0 Å². The van der Waals surface area contributed by atoms with E-state index in [1.165, 1.54) is 23.9 Å². The standard InChI is InChI=1S/C12H15N3O2S/c1-2-7-14-10(8-13)9-18-12-5-3-11(4-6-12)15(16)17/h3-6,10,14H,2,7,9H2,1H3. The summed E-state index contributed by atoms with van der Waals surface area (Å²) in [6.45, 7) is 2.87. The maximum absolute atomic E-state index is 10.5. The summed E-state index contributed by atoms with van der Waals surface area (Å²) < 4.78 is 0. The Labute approximate surface area is 110 Å². The van der Waals surface area contributed by atoms with Gasteiger partial charge >= 0.3 is 0 Å². The molecule has 5 nitrogen and oxygen atoms in total. The third-order valence-corrected chi connectivity index (χ3v) is 3.37. The Bertz CT molecular complexity index is 428.